The third-order valence-electron chi connectivity index (χ3n) is 3.57. The van der Waals surface area contributed by atoms with E-state index in [-0.39, 0.29) is 5.91 Å². The summed E-state index contributed by atoms with van der Waals surface area (Å²) < 4.78 is 6.82. The van der Waals surface area contributed by atoms with Gasteiger partial charge in [-0.2, -0.15) is 5.10 Å². The third kappa shape index (κ3) is 3.27. The molecule has 0 atom stereocenters. The maximum atomic E-state index is 12.4. The summed E-state index contributed by atoms with van der Waals surface area (Å²) in [5, 5.41) is 7.27. The van der Waals surface area contributed by atoms with Crippen molar-refractivity contribution in [3.8, 4) is 11.6 Å². The molecule has 3 rings (SSSR count). The number of hydrogen-bond acceptors (Lipinski definition) is 4. The Morgan fingerprint density at radius 3 is 2.62 bits per heavy atom. The quantitative estimate of drug-likeness (QED) is 0.801. The Balaban J connectivity index is 1.82. The maximum absolute atomic E-state index is 12.4. The van der Waals surface area contributed by atoms with Gasteiger partial charge in [0.25, 0.3) is 5.91 Å². The number of nitrogens with zero attached hydrogens (tertiary/aromatic N) is 3. The third-order valence-corrected chi connectivity index (χ3v) is 3.57. The molecule has 1 amide bonds. The smallest absolute Gasteiger partial charge is 0.255 e. The van der Waals surface area contributed by atoms with Crippen LogP contribution in [0.5, 0.6) is 5.88 Å². The number of benzene rings is 1. The van der Waals surface area contributed by atoms with E-state index < -0.39 is 0 Å². The van der Waals surface area contributed by atoms with Crippen molar-refractivity contribution >= 4 is 11.6 Å². The first kappa shape index (κ1) is 15.7. The summed E-state index contributed by atoms with van der Waals surface area (Å²) in [4.78, 5) is 16.5. The second-order valence-electron chi connectivity index (χ2n) is 5.43. The van der Waals surface area contributed by atoms with Crippen LogP contribution in [0.25, 0.3) is 5.69 Å². The molecule has 0 radical (unpaired) electrons. The van der Waals surface area contributed by atoms with E-state index in [2.05, 4.69) is 15.4 Å². The first-order chi connectivity index (χ1) is 11.6. The number of anilines is 1. The monoisotopic (exact) mass is 322 g/mol. The normalized spacial score (nSPS) is 10.5. The zero-order chi connectivity index (χ0) is 17.1. The highest BCUT2D eigenvalue weighted by molar-refractivity contribution is 6.04. The van der Waals surface area contributed by atoms with Crippen LogP contribution in [-0.2, 0) is 0 Å². The van der Waals surface area contributed by atoms with Gasteiger partial charge in [0.2, 0.25) is 5.88 Å². The Hall–Kier alpha value is -3.15. The van der Waals surface area contributed by atoms with E-state index in [4.69, 9.17) is 4.74 Å². The SMILES string of the molecule is COc1ccc(NC(=O)c2cccc(-n3nc(C)cc3C)c2)cn1. The van der Waals surface area contributed by atoms with Crippen molar-refractivity contribution in [3.05, 3.63) is 65.6 Å². The molecule has 0 spiro atoms. The van der Waals surface area contributed by atoms with Crippen LogP contribution in [0.4, 0.5) is 5.69 Å². The summed E-state index contributed by atoms with van der Waals surface area (Å²) in [5.74, 6) is 0.296. The Morgan fingerprint density at radius 2 is 2.00 bits per heavy atom. The van der Waals surface area contributed by atoms with E-state index in [0.717, 1.165) is 17.1 Å². The van der Waals surface area contributed by atoms with Gasteiger partial charge in [-0.25, -0.2) is 9.67 Å². The number of rotatable bonds is 4. The average molecular weight is 322 g/mol. The molecule has 0 bridgehead atoms. The fourth-order valence-electron chi connectivity index (χ4n) is 2.45. The molecule has 0 saturated carbocycles. The summed E-state index contributed by atoms with van der Waals surface area (Å²) in [6.45, 7) is 3.92. The molecule has 2 heterocycles. The van der Waals surface area contributed by atoms with Gasteiger partial charge in [0.1, 0.15) is 0 Å². The first-order valence-corrected chi connectivity index (χ1v) is 7.52. The highest BCUT2D eigenvalue weighted by atomic mass is 16.5. The minimum atomic E-state index is -0.203. The average Bonchev–Trinajstić information content (AvgIpc) is 2.94. The van der Waals surface area contributed by atoms with E-state index >= 15 is 0 Å². The van der Waals surface area contributed by atoms with Crippen LogP contribution in [0.15, 0.2) is 48.7 Å². The number of carbonyl (C=O) groups excluding carboxylic acids is 1. The number of aryl methyl sites for hydroxylation is 2. The van der Waals surface area contributed by atoms with Crippen LogP contribution in [-0.4, -0.2) is 27.8 Å². The summed E-state index contributed by atoms with van der Waals surface area (Å²) in [7, 11) is 1.55. The van der Waals surface area contributed by atoms with Crippen molar-refractivity contribution in [1.82, 2.24) is 14.8 Å². The van der Waals surface area contributed by atoms with E-state index in [1.807, 2.05) is 42.8 Å². The van der Waals surface area contributed by atoms with Crippen LogP contribution >= 0.6 is 0 Å². The highest BCUT2D eigenvalue weighted by Gasteiger charge is 2.10. The van der Waals surface area contributed by atoms with Gasteiger partial charge in [0, 0.05) is 17.3 Å². The van der Waals surface area contributed by atoms with Crippen LogP contribution in [0, 0.1) is 13.8 Å². The van der Waals surface area contributed by atoms with E-state index in [1.165, 1.54) is 0 Å². The molecule has 0 aliphatic rings. The standard InChI is InChI=1S/C18H18N4O2/c1-12-9-13(2)22(21-12)16-6-4-5-14(10-16)18(23)20-15-7-8-17(24-3)19-11-15/h4-11H,1-3H3,(H,20,23). The Bertz CT molecular complexity index is 869. The van der Waals surface area contributed by atoms with Gasteiger partial charge in [-0.3, -0.25) is 4.79 Å². The van der Waals surface area contributed by atoms with E-state index in [0.29, 0.717) is 17.1 Å². The van der Waals surface area contributed by atoms with E-state index in [9.17, 15) is 4.79 Å². The lowest BCUT2D eigenvalue weighted by atomic mass is 10.2. The minimum absolute atomic E-state index is 0.203. The fraction of sp³-hybridized carbons (Fsp3) is 0.167. The fourth-order valence-corrected chi connectivity index (χ4v) is 2.45. The van der Waals surface area contributed by atoms with Gasteiger partial charge in [0.05, 0.1) is 30.4 Å². The number of methoxy groups -OCH3 is 1. The molecule has 0 saturated heterocycles. The molecular formula is C18H18N4O2. The zero-order valence-electron chi connectivity index (χ0n) is 13.8. The molecule has 0 unspecified atom stereocenters. The van der Waals surface area contributed by atoms with Gasteiger partial charge in [-0.05, 0) is 44.2 Å². The largest absolute Gasteiger partial charge is 0.481 e. The van der Waals surface area contributed by atoms with Crippen molar-refractivity contribution in [2.45, 2.75) is 13.8 Å². The molecule has 0 aliphatic carbocycles. The molecule has 3 aromatic rings. The molecule has 6 nitrogen and oxygen atoms in total. The number of carbonyl (C=O) groups is 1. The van der Waals surface area contributed by atoms with E-state index in [1.54, 1.807) is 31.5 Å². The van der Waals surface area contributed by atoms with Gasteiger partial charge in [-0.15, -0.1) is 0 Å². The molecule has 122 valence electrons. The van der Waals surface area contributed by atoms with Gasteiger partial charge < -0.3 is 10.1 Å². The van der Waals surface area contributed by atoms with Crippen molar-refractivity contribution in [1.29, 1.82) is 0 Å². The Morgan fingerprint density at radius 1 is 1.17 bits per heavy atom. The Labute approximate surface area is 140 Å². The molecule has 2 aromatic heterocycles. The maximum Gasteiger partial charge on any atom is 0.255 e. The van der Waals surface area contributed by atoms with Crippen molar-refractivity contribution in [2.24, 2.45) is 0 Å². The summed E-state index contributed by atoms with van der Waals surface area (Å²) >= 11 is 0. The second kappa shape index (κ2) is 6.54. The number of nitrogens with one attached hydrogen (secondary N) is 1. The lowest BCUT2D eigenvalue weighted by Gasteiger charge is -2.08. The van der Waals surface area contributed by atoms with Crippen LogP contribution < -0.4 is 10.1 Å². The zero-order valence-corrected chi connectivity index (χ0v) is 13.8. The topological polar surface area (TPSA) is 69.0 Å². The number of amides is 1. The molecule has 1 N–H and O–H groups in total. The molecule has 24 heavy (non-hydrogen) atoms. The Kier molecular flexibility index (Phi) is 4.29. The lowest BCUT2D eigenvalue weighted by Crippen LogP contribution is -2.13. The number of hydrogen-bond donors (Lipinski definition) is 1. The van der Waals surface area contributed by atoms with Gasteiger partial charge >= 0.3 is 0 Å². The summed E-state index contributed by atoms with van der Waals surface area (Å²) in [6, 6.07) is 12.8. The lowest BCUT2D eigenvalue weighted by molar-refractivity contribution is 0.102. The number of pyridine rings is 1. The van der Waals surface area contributed by atoms with Crippen LogP contribution in [0.3, 0.4) is 0 Å². The van der Waals surface area contributed by atoms with Crippen molar-refractivity contribution < 1.29 is 9.53 Å². The predicted octanol–water partition coefficient (Wildman–Crippen LogP) is 3.15. The first-order valence-electron chi connectivity index (χ1n) is 7.52. The number of ether oxygens (including phenoxy) is 1. The molecule has 6 heteroatoms. The highest BCUT2D eigenvalue weighted by Crippen LogP contribution is 2.16. The molecule has 1 aromatic carbocycles. The summed E-state index contributed by atoms with van der Waals surface area (Å²) in [5.41, 5.74) is 3.96. The van der Waals surface area contributed by atoms with Gasteiger partial charge in [0.15, 0.2) is 0 Å². The predicted molar refractivity (Wildman–Crippen MR) is 91.8 cm³/mol. The van der Waals surface area contributed by atoms with Crippen LogP contribution in [0.1, 0.15) is 21.7 Å². The molecule has 0 aliphatic heterocycles. The van der Waals surface area contributed by atoms with Crippen LogP contribution in [0.2, 0.25) is 0 Å². The van der Waals surface area contributed by atoms with Crippen molar-refractivity contribution in [3.63, 3.8) is 0 Å². The van der Waals surface area contributed by atoms with Crippen molar-refractivity contribution in [2.75, 3.05) is 12.4 Å². The minimum Gasteiger partial charge on any atom is -0.481 e. The molecule has 0 fully saturated rings. The second-order valence-corrected chi connectivity index (χ2v) is 5.43. The van der Waals surface area contributed by atoms with Gasteiger partial charge in [-0.1, -0.05) is 6.07 Å². The number of aromatic nitrogens is 3. The summed E-state index contributed by atoms with van der Waals surface area (Å²) in [6.07, 6.45) is 1.56. The molecular weight excluding hydrogens is 304 g/mol.